The average Bonchev–Trinajstić information content (AvgIpc) is 3.01. The van der Waals surface area contributed by atoms with E-state index in [1.165, 1.54) is 6.07 Å². The van der Waals surface area contributed by atoms with Crippen LogP contribution >= 0.6 is 12.4 Å². The molecular formula is C35H43ClF3N3O3. The van der Waals surface area contributed by atoms with E-state index < -0.39 is 23.9 Å². The number of aliphatic hydroxyl groups excluding tert-OH is 1. The predicted molar refractivity (Wildman–Crippen MR) is 173 cm³/mol. The molecule has 3 aromatic rings. The van der Waals surface area contributed by atoms with Gasteiger partial charge in [-0.05, 0) is 60.6 Å². The third-order valence-corrected chi connectivity index (χ3v) is 8.22. The van der Waals surface area contributed by atoms with Crippen molar-refractivity contribution >= 4 is 24.2 Å². The molecule has 4 rings (SSSR count). The molecule has 10 heteroatoms. The van der Waals surface area contributed by atoms with Crippen molar-refractivity contribution in [1.29, 1.82) is 0 Å². The number of halogens is 4. The summed E-state index contributed by atoms with van der Waals surface area (Å²) in [6.45, 7) is 4.96. The molecule has 3 N–H and O–H groups in total. The van der Waals surface area contributed by atoms with E-state index in [0.717, 1.165) is 43.4 Å². The number of carbonyl (C=O) groups is 2. The van der Waals surface area contributed by atoms with Crippen LogP contribution in [0.2, 0.25) is 0 Å². The van der Waals surface area contributed by atoms with Crippen LogP contribution in [0.4, 0.5) is 13.2 Å². The Morgan fingerprint density at radius 3 is 2.29 bits per heavy atom. The van der Waals surface area contributed by atoms with E-state index in [1.54, 1.807) is 24.3 Å². The molecule has 0 saturated heterocycles. The lowest BCUT2D eigenvalue weighted by Crippen LogP contribution is -2.49. The number of rotatable bonds is 14. The number of hydrogen-bond donors (Lipinski definition) is 3. The van der Waals surface area contributed by atoms with Gasteiger partial charge in [0.15, 0.2) is 0 Å². The number of nitrogens with zero attached hydrogens (tertiary/aromatic N) is 1. The van der Waals surface area contributed by atoms with Gasteiger partial charge in [-0.15, -0.1) is 12.4 Å². The molecule has 0 unspecified atom stereocenters. The van der Waals surface area contributed by atoms with Crippen LogP contribution in [0, 0.1) is 0 Å². The topological polar surface area (TPSA) is 81.7 Å². The van der Waals surface area contributed by atoms with Crippen LogP contribution < -0.4 is 10.6 Å². The van der Waals surface area contributed by atoms with Gasteiger partial charge in [-0.1, -0.05) is 81.3 Å². The SMILES string of the molecule is CCCC(CCC)N1CCc2c(C(=O)N[C@@H](Cc3ccccc3)[C@H](O)CNCc3cccc(C(F)(F)F)c3)cccc2C1=O.Cl. The molecule has 3 aromatic carbocycles. The van der Waals surface area contributed by atoms with Crippen molar-refractivity contribution in [2.45, 2.75) is 83.3 Å². The number of alkyl halides is 3. The molecule has 1 aliphatic heterocycles. The highest BCUT2D eigenvalue weighted by atomic mass is 35.5. The zero-order valence-corrected chi connectivity index (χ0v) is 26.6. The van der Waals surface area contributed by atoms with E-state index in [4.69, 9.17) is 0 Å². The third kappa shape index (κ3) is 9.55. The number of hydrogen-bond acceptors (Lipinski definition) is 4. The van der Waals surface area contributed by atoms with Gasteiger partial charge in [-0.2, -0.15) is 13.2 Å². The Morgan fingerprint density at radius 2 is 1.62 bits per heavy atom. The highest BCUT2D eigenvalue weighted by Crippen LogP contribution is 2.30. The van der Waals surface area contributed by atoms with E-state index in [0.29, 0.717) is 41.6 Å². The first-order chi connectivity index (χ1) is 21.1. The van der Waals surface area contributed by atoms with Gasteiger partial charge in [0.1, 0.15) is 0 Å². The van der Waals surface area contributed by atoms with Crippen molar-refractivity contribution in [2.75, 3.05) is 13.1 Å². The number of amides is 2. The summed E-state index contributed by atoms with van der Waals surface area (Å²) in [5.41, 5.74) is 2.29. The summed E-state index contributed by atoms with van der Waals surface area (Å²) in [4.78, 5) is 29.2. The first kappa shape index (κ1) is 36.1. The van der Waals surface area contributed by atoms with E-state index in [-0.39, 0.29) is 43.4 Å². The van der Waals surface area contributed by atoms with Gasteiger partial charge in [-0.25, -0.2) is 0 Å². The van der Waals surface area contributed by atoms with E-state index in [1.807, 2.05) is 35.2 Å². The Hall–Kier alpha value is -3.40. The minimum absolute atomic E-state index is 0. The van der Waals surface area contributed by atoms with Gasteiger partial charge in [0, 0.05) is 36.8 Å². The largest absolute Gasteiger partial charge is 0.416 e. The van der Waals surface area contributed by atoms with Crippen LogP contribution in [0.15, 0.2) is 72.8 Å². The summed E-state index contributed by atoms with van der Waals surface area (Å²) in [6.07, 6.45) is -0.702. The molecule has 2 atom stereocenters. The normalized spacial score (nSPS) is 14.5. The molecule has 0 aliphatic carbocycles. The van der Waals surface area contributed by atoms with Crippen molar-refractivity contribution in [1.82, 2.24) is 15.5 Å². The van der Waals surface area contributed by atoms with Gasteiger partial charge in [0.05, 0.1) is 17.7 Å². The highest BCUT2D eigenvalue weighted by Gasteiger charge is 2.33. The standard InChI is InChI=1S/C35H42F3N3O3.ClH/c1-3-10-27(11-4-2)41-19-18-28-29(16-9-17-30(28)34(41)44)33(43)40-31(21-24-12-6-5-7-13-24)32(42)23-39-22-25-14-8-15-26(20-25)35(36,37)38;/h5-9,12-17,20,27,31-32,39,42H,3-4,10-11,18-19,21-23H2,1-2H3,(H,40,43);1H/t31-,32+;/m0./s1. The zero-order chi connectivity index (χ0) is 31.7. The minimum Gasteiger partial charge on any atom is -0.390 e. The van der Waals surface area contributed by atoms with Crippen LogP contribution in [0.1, 0.15) is 82.5 Å². The number of carbonyl (C=O) groups excluding carboxylic acids is 2. The monoisotopic (exact) mass is 645 g/mol. The second-order valence-corrected chi connectivity index (χ2v) is 11.5. The summed E-state index contributed by atoms with van der Waals surface area (Å²) in [7, 11) is 0. The van der Waals surface area contributed by atoms with Gasteiger partial charge >= 0.3 is 6.18 Å². The van der Waals surface area contributed by atoms with Crippen molar-refractivity contribution in [3.63, 3.8) is 0 Å². The summed E-state index contributed by atoms with van der Waals surface area (Å²) in [5.74, 6) is -0.424. The molecular weight excluding hydrogens is 603 g/mol. The zero-order valence-electron chi connectivity index (χ0n) is 25.8. The highest BCUT2D eigenvalue weighted by molar-refractivity contribution is 6.03. The Balaban J connectivity index is 0.00000552. The van der Waals surface area contributed by atoms with Crippen LogP contribution in [0.5, 0.6) is 0 Å². The molecule has 0 spiro atoms. The molecule has 0 fully saturated rings. The third-order valence-electron chi connectivity index (χ3n) is 8.22. The van der Waals surface area contributed by atoms with Gasteiger partial charge in [-0.3, -0.25) is 9.59 Å². The lowest BCUT2D eigenvalue weighted by Gasteiger charge is -2.36. The van der Waals surface area contributed by atoms with Gasteiger partial charge in [0.25, 0.3) is 11.8 Å². The maximum Gasteiger partial charge on any atom is 0.416 e. The molecule has 1 aliphatic rings. The van der Waals surface area contributed by atoms with Crippen LogP contribution in [0.3, 0.4) is 0 Å². The lowest BCUT2D eigenvalue weighted by atomic mass is 9.91. The number of benzene rings is 3. The van der Waals surface area contributed by atoms with Gasteiger partial charge in [0.2, 0.25) is 0 Å². The van der Waals surface area contributed by atoms with Crippen LogP contribution in [-0.4, -0.2) is 53.1 Å². The first-order valence-corrected chi connectivity index (χ1v) is 15.4. The summed E-state index contributed by atoms with van der Waals surface area (Å²) in [6, 6.07) is 19.2. The Labute approximate surface area is 269 Å². The van der Waals surface area contributed by atoms with E-state index >= 15 is 0 Å². The molecule has 2 amide bonds. The molecule has 0 saturated carbocycles. The molecule has 0 bridgehead atoms. The molecule has 0 radical (unpaired) electrons. The van der Waals surface area contributed by atoms with Crippen molar-refractivity contribution in [3.8, 4) is 0 Å². The molecule has 1 heterocycles. The van der Waals surface area contributed by atoms with Crippen LogP contribution in [0.25, 0.3) is 0 Å². The molecule has 45 heavy (non-hydrogen) atoms. The summed E-state index contributed by atoms with van der Waals surface area (Å²) in [5, 5.41) is 17.2. The number of nitrogens with one attached hydrogen (secondary N) is 2. The Bertz CT molecular complexity index is 1400. The summed E-state index contributed by atoms with van der Waals surface area (Å²) < 4.78 is 39.3. The van der Waals surface area contributed by atoms with Gasteiger partial charge < -0.3 is 20.6 Å². The van der Waals surface area contributed by atoms with Crippen molar-refractivity contribution in [3.05, 3.63) is 106 Å². The Morgan fingerprint density at radius 1 is 0.956 bits per heavy atom. The number of fused-ring (bicyclic) bond motifs is 1. The fraction of sp³-hybridized carbons (Fsp3) is 0.429. The number of aliphatic hydroxyl groups is 1. The summed E-state index contributed by atoms with van der Waals surface area (Å²) >= 11 is 0. The maximum absolute atomic E-state index is 13.7. The molecule has 6 nitrogen and oxygen atoms in total. The minimum atomic E-state index is -4.44. The van der Waals surface area contributed by atoms with Crippen LogP contribution in [-0.2, 0) is 25.6 Å². The van der Waals surface area contributed by atoms with E-state index in [2.05, 4.69) is 24.5 Å². The second kappa shape index (κ2) is 16.8. The average molecular weight is 646 g/mol. The fourth-order valence-corrected chi connectivity index (χ4v) is 5.99. The Kier molecular flexibility index (Phi) is 13.4. The molecule has 0 aromatic heterocycles. The van der Waals surface area contributed by atoms with Crippen molar-refractivity contribution < 1.29 is 27.9 Å². The fourth-order valence-electron chi connectivity index (χ4n) is 5.99. The quantitative estimate of drug-likeness (QED) is 0.185. The smallest absolute Gasteiger partial charge is 0.390 e. The second-order valence-electron chi connectivity index (χ2n) is 11.5. The predicted octanol–water partition coefficient (Wildman–Crippen LogP) is 6.59. The first-order valence-electron chi connectivity index (χ1n) is 15.4. The maximum atomic E-state index is 13.7. The van der Waals surface area contributed by atoms with Crippen molar-refractivity contribution in [2.24, 2.45) is 0 Å². The molecule has 244 valence electrons. The lowest BCUT2D eigenvalue weighted by molar-refractivity contribution is -0.137. The van der Waals surface area contributed by atoms with E-state index in [9.17, 15) is 27.9 Å².